The van der Waals surface area contributed by atoms with Crippen LogP contribution in [0, 0.1) is 0 Å². The Kier molecular flexibility index (Phi) is 6.24. The molecule has 0 fully saturated rings. The third-order valence-corrected chi connectivity index (χ3v) is 9.38. The molecule has 3 heterocycles. The highest BCUT2D eigenvalue weighted by Crippen LogP contribution is 2.47. The molecule has 0 radical (unpaired) electrons. The van der Waals surface area contributed by atoms with E-state index in [9.17, 15) is 0 Å². The van der Waals surface area contributed by atoms with E-state index in [1.165, 1.54) is 9.79 Å². The Hall–Kier alpha value is -4.85. The molecule has 0 N–H and O–H groups in total. The predicted octanol–water partition coefficient (Wildman–Crippen LogP) is 9.10. The van der Waals surface area contributed by atoms with Gasteiger partial charge in [-0.15, -0.1) is 0 Å². The zero-order valence-electron chi connectivity index (χ0n) is 22.2. The number of fused-ring (bicyclic) bond motifs is 3. The second-order valence-corrected chi connectivity index (χ2v) is 11.9. The van der Waals surface area contributed by atoms with Crippen LogP contribution in [0.3, 0.4) is 0 Å². The Balaban J connectivity index is 1.19. The van der Waals surface area contributed by atoms with Gasteiger partial charge >= 0.3 is 0 Å². The first-order chi connectivity index (χ1) is 20.8. The normalized spacial score (nSPS) is 12.1. The van der Waals surface area contributed by atoms with Gasteiger partial charge in [-0.2, -0.15) is 0 Å². The van der Waals surface area contributed by atoms with Gasteiger partial charge in [-0.25, -0.2) is 24.9 Å². The molecule has 0 saturated carbocycles. The van der Waals surface area contributed by atoms with Crippen LogP contribution in [0.5, 0.6) is 0 Å². The van der Waals surface area contributed by atoms with Crippen molar-refractivity contribution in [1.29, 1.82) is 0 Å². The maximum Gasteiger partial charge on any atom is 0.164 e. The summed E-state index contributed by atoms with van der Waals surface area (Å²) < 4.78 is 0. The van der Waals surface area contributed by atoms with Gasteiger partial charge in [0.25, 0.3) is 0 Å². The average molecular weight is 576 g/mol. The standard InChI is InChI=1S/C35H21N5S2/c1-3-10-22(11-4-1)31-38-32(23-12-5-2-6-13-23)40-33(39-31)26-15-9-14-24(20-26)25-18-19-27-28(21-25)37-35-34(36-27)41-29-16-7-8-17-30(29)42-35/h1-21H. The number of benzene rings is 5. The molecule has 42 heavy (non-hydrogen) atoms. The molecule has 0 unspecified atom stereocenters. The topological polar surface area (TPSA) is 64.5 Å². The molecule has 5 nitrogen and oxygen atoms in total. The van der Waals surface area contributed by atoms with E-state index >= 15 is 0 Å². The van der Waals surface area contributed by atoms with Crippen LogP contribution in [0.2, 0.25) is 0 Å². The van der Waals surface area contributed by atoms with Crippen molar-refractivity contribution in [3.8, 4) is 45.3 Å². The van der Waals surface area contributed by atoms with Crippen molar-refractivity contribution < 1.29 is 0 Å². The molecule has 0 aliphatic carbocycles. The van der Waals surface area contributed by atoms with Gasteiger partial charge in [0.05, 0.1) is 11.0 Å². The van der Waals surface area contributed by atoms with Gasteiger partial charge in [0, 0.05) is 26.5 Å². The van der Waals surface area contributed by atoms with Crippen molar-refractivity contribution in [2.24, 2.45) is 0 Å². The first-order valence-corrected chi connectivity index (χ1v) is 15.1. The van der Waals surface area contributed by atoms with E-state index in [1.807, 2.05) is 72.8 Å². The summed E-state index contributed by atoms with van der Waals surface area (Å²) in [6.07, 6.45) is 0. The first-order valence-electron chi connectivity index (χ1n) is 13.5. The molecule has 0 atom stereocenters. The van der Waals surface area contributed by atoms with E-state index in [0.717, 1.165) is 48.9 Å². The van der Waals surface area contributed by atoms with Gasteiger partial charge in [0.15, 0.2) is 17.5 Å². The molecule has 7 heteroatoms. The van der Waals surface area contributed by atoms with E-state index in [4.69, 9.17) is 24.9 Å². The Labute approximate surface area is 251 Å². The fourth-order valence-corrected chi connectivity index (χ4v) is 7.04. The van der Waals surface area contributed by atoms with Crippen molar-refractivity contribution in [3.05, 3.63) is 127 Å². The van der Waals surface area contributed by atoms with Crippen LogP contribution in [-0.4, -0.2) is 24.9 Å². The molecule has 1 aliphatic rings. The largest absolute Gasteiger partial charge is 0.237 e. The Morgan fingerprint density at radius 3 is 1.43 bits per heavy atom. The lowest BCUT2D eigenvalue weighted by Gasteiger charge is -2.17. The summed E-state index contributed by atoms with van der Waals surface area (Å²) in [5.74, 6) is 1.92. The van der Waals surface area contributed by atoms with Crippen LogP contribution in [0.15, 0.2) is 147 Å². The van der Waals surface area contributed by atoms with Crippen LogP contribution in [-0.2, 0) is 0 Å². The van der Waals surface area contributed by atoms with Crippen molar-refractivity contribution in [1.82, 2.24) is 24.9 Å². The third-order valence-electron chi connectivity index (χ3n) is 7.02. The maximum absolute atomic E-state index is 5.02. The Bertz CT molecular complexity index is 2040. The second-order valence-electron chi connectivity index (χ2n) is 9.81. The predicted molar refractivity (Wildman–Crippen MR) is 169 cm³/mol. The molecular weight excluding hydrogens is 555 g/mol. The molecule has 0 spiro atoms. The van der Waals surface area contributed by atoms with Gasteiger partial charge in [-0.3, -0.25) is 0 Å². The van der Waals surface area contributed by atoms with E-state index in [2.05, 4.69) is 54.6 Å². The molecule has 0 amide bonds. The zero-order valence-corrected chi connectivity index (χ0v) is 23.8. The van der Waals surface area contributed by atoms with E-state index in [1.54, 1.807) is 23.5 Å². The van der Waals surface area contributed by atoms with Gasteiger partial charge in [-0.1, -0.05) is 121 Å². The fraction of sp³-hybridized carbons (Fsp3) is 0. The minimum Gasteiger partial charge on any atom is -0.237 e. The number of nitrogens with zero attached hydrogens (tertiary/aromatic N) is 5. The molecular formula is C35H21N5S2. The van der Waals surface area contributed by atoms with Gasteiger partial charge in [0.1, 0.15) is 10.1 Å². The Morgan fingerprint density at radius 1 is 0.333 bits per heavy atom. The van der Waals surface area contributed by atoms with E-state index < -0.39 is 0 Å². The lowest BCUT2D eigenvalue weighted by molar-refractivity contribution is 0.953. The van der Waals surface area contributed by atoms with Crippen molar-refractivity contribution in [2.45, 2.75) is 19.8 Å². The minimum atomic E-state index is 0.631. The number of hydrogen-bond donors (Lipinski definition) is 0. The van der Waals surface area contributed by atoms with Gasteiger partial charge in [-0.05, 0) is 41.5 Å². The van der Waals surface area contributed by atoms with Crippen LogP contribution < -0.4 is 0 Å². The highest BCUT2D eigenvalue weighted by Gasteiger charge is 2.20. The summed E-state index contributed by atoms with van der Waals surface area (Å²) in [6, 6.07) is 43.1. The Morgan fingerprint density at radius 2 is 0.810 bits per heavy atom. The lowest BCUT2D eigenvalue weighted by atomic mass is 10.0. The quantitative estimate of drug-likeness (QED) is 0.207. The number of hydrogen-bond acceptors (Lipinski definition) is 7. The average Bonchev–Trinajstić information content (AvgIpc) is 3.07. The van der Waals surface area contributed by atoms with Crippen LogP contribution >= 0.6 is 23.5 Å². The zero-order chi connectivity index (χ0) is 27.9. The molecule has 5 aromatic carbocycles. The molecule has 0 bridgehead atoms. The van der Waals surface area contributed by atoms with E-state index in [-0.39, 0.29) is 0 Å². The number of aromatic nitrogens is 5. The molecule has 1 aliphatic heterocycles. The summed E-state index contributed by atoms with van der Waals surface area (Å²) in [5, 5.41) is 1.91. The summed E-state index contributed by atoms with van der Waals surface area (Å²) >= 11 is 3.36. The molecule has 2 aromatic heterocycles. The van der Waals surface area contributed by atoms with E-state index in [0.29, 0.717) is 17.5 Å². The summed E-state index contributed by atoms with van der Waals surface area (Å²) in [5.41, 5.74) is 6.71. The second kappa shape index (κ2) is 10.5. The van der Waals surface area contributed by atoms with Gasteiger partial charge in [0.2, 0.25) is 0 Å². The maximum atomic E-state index is 5.02. The monoisotopic (exact) mass is 575 g/mol. The summed E-state index contributed by atoms with van der Waals surface area (Å²) in [6.45, 7) is 0. The third kappa shape index (κ3) is 4.72. The van der Waals surface area contributed by atoms with Crippen molar-refractivity contribution >= 4 is 34.6 Å². The number of rotatable bonds is 4. The summed E-state index contributed by atoms with van der Waals surface area (Å²) in [7, 11) is 0. The van der Waals surface area contributed by atoms with Crippen molar-refractivity contribution in [3.63, 3.8) is 0 Å². The lowest BCUT2D eigenvalue weighted by Crippen LogP contribution is -2.00. The smallest absolute Gasteiger partial charge is 0.164 e. The van der Waals surface area contributed by atoms with Crippen LogP contribution in [0.4, 0.5) is 0 Å². The first kappa shape index (κ1) is 24.9. The minimum absolute atomic E-state index is 0.631. The highest BCUT2D eigenvalue weighted by molar-refractivity contribution is 8.05. The highest BCUT2D eigenvalue weighted by atomic mass is 32.2. The SMILES string of the molecule is c1ccc(-c2nc(-c3ccccc3)nc(-c3cccc(-c4ccc5nc6c(nc5c4)Sc4ccccc4S6)c3)n2)cc1. The molecule has 8 rings (SSSR count). The van der Waals surface area contributed by atoms with Gasteiger partial charge < -0.3 is 0 Å². The van der Waals surface area contributed by atoms with Crippen molar-refractivity contribution in [2.75, 3.05) is 0 Å². The molecule has 7 aromatic rings. The van der Waals surface area contributed by atoms with Crippen LogP contribution in [0.25, 0.3) is 56.3 Å². The molecule has 198 valence electrons. The summed E-state index contributed by atoms with van der Waals surface area (Å²) in [4.78, 5) is 27.0. The fourth-order valence-electron chi connectivity index (χ4n) is 4.94. The van der Waals surface area contributed by atoms with Crippen LogP contribution in [0.1, 0.15) is 0 Å². The molecule has 0 saturated heterocycles.